The summed E-state index contributed by atoms with van der Waals surface area (Å²) in [7, 11) is -0.0602. The van der Waals surface area contributed by atoms with Gasteiger partial charge in [-0.1, -0.05) is 37.3 Å². The van der Waals surface area contributed by atoms with Crippen molar-refractivity contribution in [3.8, 4) is 0 Å². The van der Waals surface area contributed by atoms with Crippen LogP contribution in [-0.2, 0) is 5.75 Å². The van der Waals surface area contributed by atoms with Gasteiger partial charge in [-0.15, -0.1) is 11.7 Å². The molecule has 0 fully saturated rings. The first-order valence-corrected chi connectivity index (χ1v) is 6.67. The van der Waals surface area contributed by atoms with Gasteiger partial charge in [-0.25, -0.2) is 9.93 Å². The monoisotopic (exact) mass is 186 g/mol. The SMILES string of the molecule is CC[SH](S)Cc1ccccc1. The molecule has 0 amide bonds. The quantitative estimate of drug-likeness (QED) is 0.526. The Morgan fingerprint density at radius 3 is 2.45 bits per heavy atom. The molecule has 0 saturated carbocycles. The molecule has 1 aromatic carbocycles. The molecule has 1 unspecified atom stereocenters. The summed E-state index contributed by atoms with van der Waals surface area (Å²) in [6, 6.07) is 10.6. The summed E-state index contributed by atoms with van der Waals surface area (Å²) >= 11 is 4.51. The Kier molecular flexibility index (Phi) is 3.87. The van der Waals surface area contributed by atoms with E-state index in [4.69, 9.17) is 0 Å². The Balaban J connectivity index is 2.51. The minimum absolute atomic E-state index is 0.0602. The Bertz CT molecular complexity index is 196. The molecule has 0 N–H and O–H groups in total. The van der Waals surface area contributed by atoms with Gasteiger partial charge in [0.05, 0.1) is 0 Å². The molecule has 0 aliphatic rings. The molecule has 0 aliphatic heterocycles. The second-order valence-corrected chi connectivity index (χ2v) is 6.13. The number of thiol groups is 2. The molecule has 0 radical (unpaired) electrons. The van der Waals surface area contributed by atoms with Crippen LogP contribution in [0.15, 0.2) is 30.3 Å². The maximum absolute atomic E-state index is 4.51. The van der Waals surface area contributed by atoms with Crippen molar-refractivity contribution in [2.24, 2.45) is 0 Å². The molecule has 0 heterocycles. The van der Waals surface area contributed by atoms with E-state index in [1.165, 1.54) is 11.3 Å². The molecule has 1 atom stereocenters. The van der Waals surface area contributed by atoms with E-state index in [2.05, 4.69) is 48.9 Å². The Morgan fingerprint density at radius 2 is 1.91 bits per heavy atom. The van der Waals surface area contributed by atoms with Gasteiger partial charge >= 0.3 is 0 Å². The van der Waals surface area contributed by atoms with Crippen LogP contribution < -0.4 is 0 Å². The lowest BCUT2D eigenvalue weighted by molar-refractivity contribution is 1.39. The molecular formula is C9H14S2. The van der Waals surface area contributed by atoms with Crippen molar-refractivity contribution in [2.45, 2.75) is 12.7 Å². The van der Waals surface area contributed by atoms with E-state index in [-0.39, 0.29) is 9.93 Å². The summed E-state index contributed by atoms with van der Waals surface area (Å²) in [5, 5.41) is 0. The van der Waals surface area contributed by atoms with E-state index in [1.807, 2.05) is 0 Å². The summed E-state index contributed by atoms with van der Waals surface area (Å²) in [5.74, 6) is 2.35. The largest absolute Gasteiger partial charge is 0.204 e. The Hall–Kier alpha value is -0.0800. The summed E-state index contributed by atoms with van der Waals surface area (Å²) in [5.41, 5.74) is 1.41. The van der Waals surface area contributed by atoms with Crippen molar-refractivity contribution in [1.29, 1.82) is 0 Å². The number of hydrogen-bond donors (Lipinski definition) is 2. The summed E-state index contributed by atoms with van der Waals surface area (Å²) in [6.07, 6.45) is 0. The third-order valence-corrected chi connectivity index (χ3v) is 4.31. The first-order valence-electron chi connectivity index (χ1n) is 3.80. The van der Waals surface area contributed by atoms with E-state index >= 15 is 0 Å². The van der Waals surface area contributed by atoms with Crippen molar-refractivity contribution in [3.63, 3.8) is 0 Å². The minimum Gasteiger partial charge on any atom is -0.204 e. The number of benzene rings is 1. The molecule has 0 aromatic heterocycles. The van der Waals surface area contributed by atoms with Gasteiger partial charge in [0, 0.05) is 5.75 Å². The van der Waals surface area contributed by atoms with E-state index in [0.29, 0.717) is 0 Å². The van der Waals surface area contributed by atoms with Gasteiger partial charge < -0.3 is 0 Å². The second kappa shape index (κ2) is 4.73. The third-order valence-electron chi connectivity index (χ3n) is 1.57. The summed E-state index contributed by atoms with van der Waals surface area (Å²) in [4.78, 5) is 0. The molecule has 0 nitrogen and oxygen atoms in total. The van der Waals surface area contributed by atoms with Crippen LogP contribution in [0.25, 0.3) is 0 Å². The van der Waals surface area contributed by atoms with Crippen LogP contribution in [0.5, 0.6) is 0 Å². The van der Waals surface area contributed by atoms with E-state index in [1.54, 1.807) is 0 Å². The zero-order valence-electron chi connectivity index (χ0n) is 6.70. The molecule has 0 saturated heterocycles. The molecule has 2 heteroatoms. The predicted molar refractivity (Wildman–Crippen MR) is 58.7 cm³/mol. The molecule has 0 aliphatic carbocycles. The van der Waals surface area contributed by atoms with Crippen molar-refractivity contribution in [3.05, 3.63) is 35.9 Å². The Labute approximate surface area is 76.2 Å². The highest BCUT2D eigenvalue weighted by Crippen LogP contribution is 2.33. The fourth-order valence-electron chi connectivity index (χ4n) is 0.906. The number of hydrogen-bond acceptors (Lipinski definition) is 1. The lowest BCUT2D eigenvalue weighted by atomic mass is 10.2. The van der Waals surface area contributed by atoms with Crippen molar-refractivity contribution in [2.75, 3.05) is 5.75 Å². The summed E-state index contributed by atoms with van der Waals surface area (Å²) in [6.45, 7) is 2.20. The molecule has 1 aromatic rings. The van der Waals surface area contributed by atoms with Crippen LogP contribution in [0, 0.1) is 0 Å². The lowest BCUT2D eigenvalue weighted by Crippen LogP contribution is -1.83. The van der Waals surface area contributed by atoms with Gasteiger partial charge in [0.2, 0.25) is 0 Å². The van der Waals surface area contributed by atoms with Gasteiger partial charge in [-0.2, -0.15) is 0 Å². The van der Waals surface area contributed by atoms with Crippen molar-refractivity contribution >= 4 is 21.6 Å². The smallest absolute Gasteiger partial charge is 0.00820 e. The maximum Gasteiger partial charge on any atom is 0.00820 e. The molecule has 11 heavy (non-hydrogen) atoms. The van der Waals surface area contributed by atoms with Crippen LogP contribution in [-0.4, -0.2) is 5.75 Å². The van der Waals surface area contributed by atoms with Crippen LogP contribution in [0.4, 0.5) is 0 Å². The highest BCUT2D eigenvalue weighted by atomic mass is 33.1. The predicted octanol–water partition coefficient (Wildman–Crippen LogP) is 3.05. The van der Waals surface area contributed by atoms with E-state index in [9.17, 15) is 0 Å². The maximum atomic E-state index is 4.51. The normalized spacial score (nSPS) is 14.5. The molecular weight excluding hydrogens is 172 g/mol. The first kappa shape index (κ1) is 9.01. The zero-order valence-corrected chi connectivity index (χ0v) is 8.48. The summed E-state index contributed by atoms with van der Waals surface area (Å²) < 4.78 is 0. The highest BCUT2D eigenvalue weighted by molar-refractivity contribution is 8.77. The average molecular weight is 186 g/mol. The molecule has 1 rings (SSSR count). The van der Waals surface area contributed by atoms with Gasteiger partial charge in [-0.3, -0.25) is 0 Å². The van der Waals surface area contributed by atoms with Crippen molar-refractivity contribution < 1.29 is 0 Å². The van der Waals surface area contributed by atoms with Crippen LogP contribution >= 0.6 is 21.6 Å². The van der Waals surface area contributed by atoms with Crippen LogP contribution in [0.2, 0.25) is 0 Å². The average Bonchev–Trinajstić information content (AvgIpc) is 2.06. The molecule has 62 valence electrons. The minimum atomic E-state index is -0.0602. The van der Waals surface area contributed by atoms with Gasteiger partial charge in [0.25, 0.3) is 0 Å². The van der Waals surface area contributed by atoms with Crippen LogP contribution in [0.3, 0.4) is 0 Å². The fraction of sp³-hybridized carbons (Fsp3) is 0.333. The van der Waals surface area contributed by atoms with Gasteiger partial charge in [-0.05, 0) is 11.3 Å². The van der Waals surface area contributed by atoms with E-state index < -0.39 is 0 Å². The van der Waals surface area contributed by atoms with Crippen molar-refractivity contribution in [1.82, 2.24) is 0 Å². The fourth-order valence-corrected chi connectivity index (χ4v) is 2.25. The molecule has 0 bridgehead atoms. The topological polar surface area (TPSA) is 0 Å². The van der Waals surface area contributed by atoms with Gasteiger partial charge in [0.1, 0.15) is 0 Å². The third kappa shape index (κ3) is 3.21. The standard InChI is InChI=1S/C9H14S2/c1-2-11(10)8-9-6-4-3-5-7-9/h3-7,10-11H,2,8H2,1H3. The lowest BCUT2D eigenvalue weighted by Gasteiger charge is -2.11. The highest BCUT2D eigenvalue weighted by Gasteiger charge is 1.95. The number of rotatable bonds is 3. The first-order chi connectivity index (χ1) is 5.33. The second-order valence-electron chi connectivity index (χ2n) is 2.47. The van der Waals surface area contributed by atoms with Crippen LogP contribution in [0.1, 0.15) is 12.5 Å². The Morgan fingerprint density at radius 1 is 1.27 bits per heavy atom. The zero-order chi connectivity index (χ0) is 8.10. The van der Waals surface area contributed by atoms with E-state index in [0.717, 1.165) is 5.75 Å². The van der Waals surface area contributed by atoms with Gasteiger partial charge in [0.15, 0.2) is 0 Å². The molecule has 0 spiro atoms.